The molecule has 0 spiro atoms. The fourth-order valence-electron chi connectivity index (χ4n) is 2.78. The Morgan fingerprint density at radius 3 is 2.63 bits per heavy atom. The molecule has 0 unspecified atom stereocenters. The maximum Gasteiger partial charge on any atom is 0.319 e. The molecular weight excluding hydrogens is 368 g/mol. The van der Waals surface area contributed by atoms with Crippen molar-refractivity contribution in [3.8, 4) is 0 Å². The number of carbonyl (C=O) groups excluding carboxylic acids is 2. The summed E-state index contributed by atoms with van der Waals surface area (Å²) in [6.45, 7) is 0.371. The van der Waals surface area contributed by atoms with E-state index >= 15 is 0 Å². The largest absolute Gasteiger partial charge is 0.348 e. The number of hydrogen-bond donors (Lipinski definition) is 3. The second-order valence-corrected chi connectivity index (χ2v) is 8.55. The van der Waals surface area contributed by atoms with E-state index in [2.05, 4.69) is 20.9 Å². The van der Waals surface area contributed by atoms with Crippen LogP contribution in [0.1, 0.15) is 22.3 Å². The predicted molar refractivity (Wildman–Crippen MR) is 101 cm³/mol. The minimum Gasteiger partial charge on any atom is -0.348 e. The first kappa shape index (κ1) is 18.8. The van der Waals surface area contributed by atoms with Gasteiger partial charge in [0.2, 0.25) is 0 Å². The third kappa shape index (κ3) is 5.52. The van der Waals surface area contributed by atoms with Gasteiger partial charge in [-0.25, -0.2) is 13.2 Å². The number of rotatable bonds is 5. The van der Waals surface area contributed by atoms with E-state index in [0.29, 0.717) is 24.2 Å². The van der Waals surface area contributed by atoms with Gasteiger partial charge in [-0.15, -0.1) is 0 Å². The number of amides is 3. The summed E-state index contributed by atoms with van der Waals surface area (Å²) >= 11 is 0. The molecule has 1 fully saturated rings. The van der Waals surface area contributed by atoms with Crippen molar-refractivity contribution in [2.24, 2.45) is 0 Å². The Balaban J connectivity index is 1.55. The highest BCUT2D eigenvalue weighted by Gasteiger charge is 2.28. The SMILES string of the molecule is O=C(Nc1cccc(C(=O)NCc2ccncc2)c1)N[C@@H]1CCS(=O)(=O)C1. The number of hydrogen-bond acceptors (Lipinski definition) is 5. The molecule has 2 aromatic rings. The molecule has 3 amide bonds. The molecule has 1 atom stereocenters. The van der Waals surface area contributed by atoms with Gasteiger partial charge in [-0.1, -0.05) is 6.07 Å². The summed E-state index contributed by atoms with van der Waals surface area (Å²) in [4.78, 5) is 28.3. The van der Waals surface area contributed by atoms with Crippen molar-refractivity contribution >= 4 is 27.5 Å². The van der Waals surface area contributed by atoms with Gasteiger partial charge in [0.15, 0.2) is 9.84 Å². The molecule has 3 N–H and O–H groups in total. The molecule has 0 aliphatic carbocycles. The van der Waals surface area contributed by atoms with Crippen LogP contribution in [0.2, 0.25) is 0 Å². The van der Waals surface area contributed by atoms with Gasteiger partial charge >= 0.3 is 6.03 Å². The number of sulfone groups is 1. The minimum atomic E-state index is -3.06. The molecule has 1 aromatic carbocycles. The zero-order valence-corrected chi connectivity index (χ0v) is 15.3. The monoisotopic (exact) mass is 388 g/mol. The van der Waals surface area contributed by atoms with E-state index in [0.717, 1.165) is 5.56 Å². The first-order chi connectivity index (χ1) is 12.9. The van der Waals surface area contributed by atoms with Crippen LogP contribution in [-0.4, -0.2) is 42.9 Å². The molecule has 1 saturated heterocycles. The molecule has 27 heavy (non-hydrogen) atoms. The molecule has 1 aliphatic heterocycles. The molecule has 8 nitrogen and oxygen atoms in total. The van der Waals surface area contributed by atoms with Gasteiger partial charge in [0.05, 0.1) is 11.5 Å². The Labute approximate surface area is 157 Å². The molecular formula is C18H20N4O4S. The molecule has 1 aliphatic rings. The Bertz CT molecular complexity index is 931. The lowest BCUT2D eigenvalue weighted by molar-refractivity contribution is 0.0951. The Morgan fingerprint density at radius 2 is 1.93 bits per heavy atom. The maximum atomic E-state index is 12.3. The smallest absolute Gasteiger partial charge is 0.319 e. The van der Waals surface area contributed by atoms with E-state index < -0.39 is 15.9 Å². The Kier molecular flexibility index (Phi) is 5.70. The number of pyridine rings is 1. The Morgan fingerprint density at radius 1 is 1.15 bits per heavy atom. The standard InChI is InChI=1S/C18H20N4O4S/c23-17(20-11-13-4-7-19-8-5-13)14-2-1-3-15(10-14)21-18(24)22-16-6-9-27(25,26)12-16/h1-5,7-8,10,16H,6,9,11-12H2,(H,20,23)(H2,21,22,24)/t16-/m1/s1. The van der Waals surface area contributed by atoms with Crippen LogP contribution < -0.4 is 16.0 Å². The van der Waals surface area contributed by atoms with Gasteiger partial charge in [-0.3, -0.25) is 9.78 Å². The fourth-order valence-corrected chi connectivity index (χ4v) is 4.46. The summed E-state index contributed by atoms with van der Waals surface area (Å²) < 4.78 is 22.9. The van der Waals surface area contributed by atoms with Gasteiger partial charge < -0.3 is 16.0 Å². The summed E-state index contributed by atoms with van der Waals surface area (Å²) in [6.07, 6.45) is 3.72. The van der Waals surface area contributed by atoms with Crippen molar-refractivity contribution in [1.29, 1.82) is 0 Å². The summed E-state index contributed by atoms with van der Waals surface area (Å²) in [6, 6.07) is 9.27. The van der Waals surface area contributed by atoms with E-state index in [1.807, 2.05) is 12.1 Å². The maximum absolute atomic E-state index is 12.3. The first-order valence-corrected chi connectivity index (χ1v) is 10.3. The van der Waals surface area contributed by atoms with Crippen LogP contribution in [0.5, 0.6) is 0 Å². The third-order valence-corrected chi connectivity index (χ3v) is 5.92. The summed E-state index contributed by atoms with van der Waals surface area (Å²) in [5.74, 6) is -0.221. The quantitative estimate of drug-likeness (QED) is 0.714. The first-order valence-electron chi connectivity index (χ1n) is 8.46. The van der Waals surface area contributed by atoms with Gasteiger partial charge in [0, 0.05) is 36.2 Å². The summed E-state index contributed by atoms with van der Waals surface area (Å²) in [7, 11) is -3.06. The molecule has 2 heterocycles. The van der Waals surface area contributed by atoms with E-state index in [1.54, 1.807) is 36.7 Å². The highest BCUT2D eigenvalue weighted by Crippen LogP contribution is 2.13. The number of anilines is 1. The van der Waals surface area contributed by atoms with Crippen LogP contribution in [0, 0.1) is 0 Å². The third-order valence-electron chi connectivity index (χ3n) is 4.15. The molecule has 0 radical (unpaired) electrons. The number of nitrogens with one attached hydrogen (secondary N) is 3. The second-order valence-electron chi connectivity index (χ2n) is 6.32. The predicted octanol–water partition coefficient (Wildman–Crippen LogP) is 1.32. The fraction of sp³-hybridized carbons (Fsp3) is 0.278. The second kappa shape index (κ2) is 8.17. The van der Waals surface area contributed by atoms with E-state index in [4.69, 9.17) is 0 Å². The van der Waals surface area contributed by atoms with Crippen LogP contribution in [0.25, 0.3) is 0 Å². The number of nitrogens with zero attached hydrogens (tertiary/aromatic N) is 1. The van der Waals surface area contributed by atoms with Crippen molar-refractivity contribution in [2.45, 2.75) is 19.0 Å². The normalized spacial score (nSPS) is 17.9. The molecule has 1 aromatic heterocycles. The summed E-state index contributed by atoms with van der Waals surface area (Å²) in [5, 5.41) is 8.08. The van der Waals surface area contributed by atoms with Crippen LogP contribution in [0.3, 0.4) is 0 Å². The van der Waals surface area contributed by atoms with Crippen molar-refractivity contribution in [1.82, 2.24) is 15.6 Å². The van der Waals surface area contributed by atoms with E-state index in [1.165, 1.54) is 0 Å². The van der Waals surface area contributed by atoms with Gasteiger partial charge in [0.1, 0.15) is 0 Å². The topological polar surface area (TPSA) is 117 Å². The average Bonchev–Trinajstić information content (AvgIpc) is 2.99. The lowest BCUT2D eigenvalue weighted by Gasteiger charge is -2.13. The van der Waals surface area contributed by atoms with Crippen LogP contribution in [-0.2, 0) is 16.4 Å². The highest BCUT2D eigenvalue weighted by molar-refractivity contribution is 7.91. The van der Waals surface area contributed by atoms with Crippen molar-refractivity contribution < 1.29 is 18.0 Å². The van der Waals surface area contributed by atoms with E-state index in [9.17, 15) is 18.0 Å². The van der Waals surface area contributed by atoms with Crippen LogP contribution >= 0.6 is 0 Å². The van der Waals surface area contributed by atoms with Crippen molar-refractivity contribution in [3.63, 3.8) is 0 Å². The summed E-state index contributed by atoms with van der Waals surface area (Å²) in [5.41, 5.74) is 1.79. The average molecular weight is 388 g/mol. The minimum absolute atomic E-state index is 0.0438. The van der Waals surface area contributed by atoms with Gasteiger partial charge in [-0.2, -0.15) is 0 Å². The van der Waals surface area contributed by atoms with Crippen molar-refractivity contribution in [3.05, 3.63) is 59.9 Å². The molecule has 0 saturated carbocycles. The molecule has 3 rings (SSSR count). The van der Waals surface area contributed by atoms with E-state index in [-0.39, 0.29) is 23.5 Å². The lowest BCUT2D eigenvalue weighted by Crippen LogP contribution is -2.38. The van der Waals surface area contributed by atoms with Gasteiger partial charge in [-0.05, 0) is 42.3 Å². The molecule has 0 bridgehead atoms. The van der Waals surface area contributed by atoms with Crippen molar-refractivity contribution in [2.75, 3.05) is 16.8 Å². The van der Waals surface area contributed by atoms with Gasteiger partial charge in [0.25, 0.3) is 5.91 Å². The molecule has 9 heteroatoms. The zero-order chi connectivity index (χ0) is 19.3. The lowest BCUT2D eigenvalue weighted by atomic mass is 10.2. The van der Waals surface area contributed by atoms with Crippen LogP contribution in [0.4, 0.5) is 10.5 Å². The number of carbonyl (C=O) groups is 2. The zero-order valence-electron chi connectivity index (χ0n) is 14.5. The number of aromatic nitrogens is 1. The highest BCUT2D eigenvalue weighted by atomic mass is 32.2. The number of urea groups is 1. The number of benzene rings is 1. The molecule has 142 valence electrons. The Hall–Kier alpha value is -2.94. The van der Waals surface area contributed by atoms with Crippen LogP contribution in [0.15, 0.2) is 48.8 Å².